The summed E-state index contributed by atoms with van der Waals surface area (Å²) in [6.07, 6.45) is 7.15. The van der Waals surface area contributed by atoms with Crippen LogP contribution in [0, 0.1) is 11.8 Å². The van der Waals surface area contributed by atoms with Gasteiger partial charge in [0.25, 0.3) is 0 Å². The Morgan fingerprint density at radius 2 is 1.73 bits per heavy atom. The SMILES string of the molecule is CCCN(CC1CCC(C)CC1)C(C)C. The van der Waals surface area contributed by atoms with Crippen molar-refractivity contribution in [1.29, 1.82) is 0 Å². The van der Waals surface area contributed by atoms with Crippen LogP contribution in [0.1, 0.15) is 59.8 Å². The summed E-state index contributed by atoms with van der Waals surface area (Å²) < 4.78 is 0. The molecule has 0 N–H and O–H groups in total. The lowest BCUT2D eigenvalue weighted by molar-refractivity contribution is 0.155. The summed E-state index contributed by atoms with van der Waals surface area (Å²) in [5.74, 6) is 1.97. The predicted octanol–water partition coefficient (Wildman–Crippen LogP) is 3.93. The normalized spacial score (nSPS) is 27.6. The van der Waals surface area contributed by atoms with Crippen LogP contribution in [0.25, 0.3) is 0 Å². The van der Waals surface area contributed by atoms with E-state index in [0.717, 1.165) is 17.9 Å². The van der Waals surface area contributed by atoms with E-state index in [1.807, 2.05) is 0 Å². The molecule has 1 rings (SSSR count). The highest BCUT2D eigenvalue weighted by atomic mass is 15.1. The van der Waals surface area contributed by atoms with Crippen LogP contribution in [0.3, 0.4) is 0 Å². The monoisotopic (exact) mass is 211 g/mol. The molecule has 0 radical (unpaired) electrons. The molecule has 0 aliphatic heterocycles. The van der Waals surface area contributed by atoms with Gasteiger partial charge >= 0.3 is 0 Å². The Hall–Kier alpha value is -0.0400. The second-order valence-corrected chi connectivity index (χ2v) is 5.71. The van der Waals surface area contributed by atoms with Crippen LogP contribution in [-0.2, 0) is 0 Å². The standard InChI is InChI=1S/C14H29N/c1-5-10-15(12(2)3)11-14-8-6-13(4)7-9-14/h12-14H,5-11H2,1-4H3. The molecule has 15 heavy (non-hydrogen) atoms. The van der Waals surface area contributed by atoms with E-state index < -0.39 is 0 Å². The van der Waals surface area contributed by atoms with Gasteiger partial charge in [-0.15, -0.1) is 0 Å². The van der Waals surface area contributed by atoms with Gasteiger partial charge in [0, 0.05) is 12.6 Å². The minimum Gasteiger partial charge on any atom is -0.301 e. The van der Waals surface area contributed by atoms with E-state index in [1.165, 1.54) is 45.2 Å². The summed E-state index contributed by atoms with van der Waals surface area (Å²) in [5.41, 5.74) is 0. The summed E-state index contributed by atoms with van der Waals surface area (Å²) >= 11 is 0. The van der Waals surface area contributed by atoms with Gasteiger partial charge in [-0.25, -0.2) is 0 Å². The van der Waals surface area contributed by atoms with Crippen LogP contribution >= 0.6 is 0 Å². The van der Waals surface area contributed by atoms with Crippen molar-refractivity contribution in [2.75, 3.05) is 13.1 Å². The van der Waals surface area contributed by atoms with Crippen LogP contribution in [0.15, 0.2) is 0 Å². The zero-order valence-electron chi connectivity index (χ0n) is 11.1. The summed E-state index contributed by atoms with van der Waals surface area (Å²) in [7, 11) is 0. The van der Waals surface area contributed by atoms with Crippen molar-refractivity contribution in [3.63, 3.8) is 0 Å². The van der Waals surface area contributed by atoms with Gasteiger partial charge in [0.15, 0.2) is 0 Å². The van der Waals surface area contributed by atoms with E-state index in [-0.39, 0.29) is 0 Å². The van der Waals surface area contributed by atoms with Crippen molar-refractivity contribution in [2.24, 2.45) is 11.8 Å². The van der Waals surface area contributed by atoms with Crippen LogP contribution in [0.5, 0.6) is 0 Å². The smallest absolute Gasteiger partial charge is 0.00387 e. The van der Waals surface area contributed by atoms with Crippen LogP contribution in [-0.4, -0.2) is 24.0 Å². The van der Waals surface area contributed by atoms with E-state index in [0.29, 0.717) is 0 Å². The third-order valence-corrected chi connectivity index (χ3v) is 3.87. The van der Waals surface area contributed by atoms with Gasteiger partial charge in [0.2, 0.25) is 0 Å². The minimum atomic E-state index is 0.726. The first kappa shape index (κ1) is 13.0. The number of hydrogen-bond acceptors (Lipinski definition) is 1. The average molecular weight is 211 g/mol. The van der Waals surface area contributed by atoms with E-state index in [4.69, 9.17) is 0 Å². The van der Waals surface area contributed by atoms with Crippen molar-refractivity contribution in [3.05, 3.63) is 0 Å². The molecule has 0 saturated heterocycles. The third-order valence-electron chi connectivity index (χ3n) is 3.87. The first-order valence-corrected chi connectivity index (χ1v) is 6.87. The zero-order valence-corrected chi connectivity index (χ0v) is 11.1. The highest BCUT2D eigenvalue weighted by Gasteiger charge is 2.21. The molecular formula is C14H29N. The second kappa shape index (κ2) is 6.52. The molecule has 1 nitrogen and oxygen atoms in total. The van der Waals surface area contributed by atoms with Crippen molar-refractivity contribution < 1.29 is 0 Å². The Morgan fingerprint density at radius 3 is 2.20 bits per heavy atom. The van der Waals surface area contributed by atoms with Crippen LogP contribution < -0.4 is 0 Å². The Labute approximate surface area is 96.2 Å². The van der Waals surface area contributed by atoms with Crippen LogP contribution in [0.4, 0.5) is 0 Å². The van der Waals surface area contributed by atoms with Crippen molar-refractivity contribution >= 4 is 0 Å². The van der Waals surface area contributed by atoms with Gasteiger partial charge < -0.3 is 4.90 Å². The maximum Gasteiger partial charge on any atom is 0.00387 e. The lowest BCUT2D eigenvalue weighted by Gasteiger charge is -2.33. The molecule has 0 unspecified atom stereocenters. The minimum absolute atomic E-state index is 0.726. The van der Waals surface area contributed by atoms with Crippen molar-refractivity contribution in [3.8, 4) is 0 Å². The molecule has 0 aromatic heterocycles. The summed E-state index contributed by atoms with van der Waals surface area (Å²) in [6.45, 7) is 12.0. The average Bonchev–Trinajstić information content (AvgIpc) is 2.20. The lowest BCUT2D eigenvalue weighted by atomic mass is 9.82. The molecule has 0 heterocycles. The molecule has 0 aromatic carbocycles. The Bertz CT molecular complexity index is 157. The van der Waals surface area contributed by atoms with Gasteiger partial charge in [0.05, 0.1) is 0 Å². The number of rotatable bonds is 5. The molecule has 0 atom stereocenters. The largest absolute Gasteiger partial charge is 0.301 e. The Kier molecular flexibility index (Phi) is 5.66. The highest BCUT2D eigenvalue weighted by molar-refractivity contribution is 4.74. The Balaban J connectivity index is 2.31. The summed E-state index contributed by atoms with van der Waals surface area (Å²) in [5, 5.41) is 0. The first-order valence-electron chi connectivity index (χ1n) is 6.87. The second-order valence-electron chi connectivity index (χ2n) is 5.71. The van der Waals surface area contributed by atoms with Crippen LogP contribution in [0.2, 0.25) is 0 Å². The fourth-order valence-electron chi connectivity index (χ4n) is 2.69. The predicted molar refractivity (Wildman–Crippen MR) is 68.1 cm³/mol. The van der Waals surface area contributed by atoms with E-state index in [1.54, 1.807) is 0 Å². The van der Waals surface area contributed by atoms with E-state index >= 15 is 0 Å². The zero-order chi connectivity index (χ0) is 11.3. The van der Waals surface area contributed by atoms with Gasteiger partial charge in [-0.1, -0.05) is 26.7 Å². The topological polar surface area (TPSA) is 3.24 Å². The Morgan fingerprint density at radius 1 is 1.13 bits per heavy atom. The molecular weight excluding hydrogens is 182 g/mol. The van der Waals surface area contributed by atoms with Gasteiger partial charge in [-0.05, 0) is 51.5 Å². The molecule has 1 aliphatic rings. The number of hydrogen-bond donors (Lipinski definition) is 0. The maximum absolute atomic E-state index is 2.67. The van der Waals surface area contributed by atoms with Crippen molar-refractivity contribution in [1.82, 2.24) is 4.90 Å². The maximum atomic E-state index is 2.67. The molecule has 1 fully saturated rings. The highest BCUT2D eigenvalue weighted by Crippen LogP contribution is 2.29. The fraction of sp³-hybridized carbons (Fsp3) is 1.00. The molecule has 1 aliphatic carbocycles. The van der Waals surface area contributed by atoms with Gasteiger partial charge in [0.1, 0.15) is 0 Å². The van der Waals surface area contributed by atoms with Crippen molar-refractivity contribution in [2.45, 2.75) is 65.8 Å². The van der Waals surface area contributed by atoms with Gasteiger partial charge in [-0.3, -0.25) is 0 Å². The van der Waals surface area contributed by atoms with Gasteiger partial charge in [-0.2, -0.15) is 0 Å². The van der Waals surface area contributed by atoms with E-state index in [9.17, 15) is 0 Å². The summed E-state index contributed by atoms with van der Waals surface area (Å²) in [6, 6.07) is 0.726. The molecule has 0 bridgehead atoms. The quantitative estimate of drug-likeness (QED) is 0.666. The third kappa shape index (κ3) is 4.55. The molecule has 1 heteroatoms. The first-order chi connectivity index (χ1) is 7.13. The lowest BCUT2D eigenvalue weighted by Crippen LogP contribution is -2.37. The molecule has 0 amide bonds. The molecule has 90 valence electrons. The molecule has 0 spiro atoms. The molecule has 0 aromatic rings. The summed E-state index contributed by atoms with van der Waals surface area (Å²) in [4.78, 5) is 2.67. The fourth-order valence-corrected chi connectivity index (χ4v) is 2.69. The number of nitrogens with zero attached hydrogens (tertiary/aromatic N) is 1. The molecule has 1 saturated carbocycles. The van der Waals surface area contributed by atoms with E-state index in [2.05, 4.69) is 32.6 Å².